The summed E-state index contributed by atoms with van der Waals surface area (Å²) in [4.78, 5) is 11.3. The lowest BCUT2D eigenvalue weighted by Gasteiger charge is -2.32. The van der Waals surface area contributed by atoms with E-state index in [0.717, 1.165) is 17.9 Å². The SMILES string of the molecule is CCC(CC)(CNC(=O)CN)c1ccc(Cl)cc1.Cl. The molecule has 0 aromatic heterocycles. The van der Waals surface area contributed by atoms with Crippen molar-refractivity contribution in [3.63, 3.8) is 0 Å². The molecule has 0 atom stereocenters. The molecule has 0 unspecified atom stereocenters. The summed E-state index contributed by atoms with van der Waals surface area (Å²) in [5, 5.41) is 3.62. The van der Waals surface area contributed by atoms with Gasteiger partial charge in [0.1, 0.15) is 0 Å². The van der Waals surface area contributed by atoms with Crippen molar-refractivity contribution in [2.24, 2.45) is 5.73 Å². The third-order valence-corrected chi connectivity index (χ3v) is 3.87. The van der Waals surface area contributed by atoms with Crippen LogP contribution in [0, 0.1) is 0 Å². The van der Waals surface area contributed by atoms with Crippen LogP contribution in [-0.4, -0.2) is 19.0 Å². The lowest BCUT2D eigenvalue weighted by atomic mass is 9.76. The average molecular weight is 305 g/mol. The van der Waals surface area contributed by atoms with Crippen LogP contribution in [0.25, 0.3) is 0 Å². The maximum absolute atomic E-state index is 11.3. The number of carbonyl (C=O) groups is 1. The molecule has 0 aliphatic carbocycles. The molecule has 5 heteroatoms. The molecule has 0 aliphatic heterocycles. The predicted molar refractivity (Wildman–Crippen MR) is 83.0 cm³/mol. The third kappa shape index (κ3) is 4.68. The van der Waals surface area contributed by atoms with Crippen LogP contribution in [0.4, 0.5) is 0 Å². The number of rotatable bonds is 6. The van der Waals surface area contributed by atoms with Crippen molar-refractivity contribution >= 4 is 29.9 Å². The van der Waals surface area contributed by atoms with Crippen LogP contribution in [0.1, 0.15) is 32.3 Å². The number of benzene rings is 1. The Balaban J connectivity index is 0.00000324. The smallest absolute Gasteiger partial charge is 0.233 e. The number of nitrogens with two attached hydrogens (primary N) is 1. The second kappa shape index (κ2) is 8.41. The van der Waals surface area contributed by atoms with Crippen LogP contribution in [-0.2, 0) is 10.2 Å². The highest BCUT2D eigenvalue weighted by atomic mass is 35.5. The van der Waals surface area contributed by atoms with Crippen LogP contribution >= 0.6 is 24.0 Å². The molecule has 1 aromatic carbocycles. The van der Waals surface area contributed by atoms with E-state index in [9.17, 15) is 4.79 Å². The summed E-state index contributed by atoms with van der Waals surface area (Å²) < 4.78 is 0. The fourth-order valence-electron chi connectivity index (χ4n) is 2.15. The van der Waals surface area contributed by atoms with Gasteiger partial charge in [0, 0.05) is 17.0 Å². The second-order valence-corrected chi connectivity index (χ2v) is 4.91. The number of hydrogen-bond donors (Lipinski definition) is 2. The van der Waals surface area contributed by atoms with Gasteiger partial charge in [0.05, 0.1) is 6.54 Å². The van der Waals surface area contributed by atoms with Crippen LogP contribution in [0.3, 0.4) is 0 Å². The second-order valence-electron chi connectivity index (χ2n) is 4.48. The predicted octanol–water partition coefficient (Wildman–Crippen LogP) is 2.89. The van der Waals surface area contributed by atoms with Crippen molar-refractivity contribution in [1.29, 1.82) is 0 Å². The average Bonchev–Trinajstić information content (AvgIpc) is 2.41. The van der Waals surface area contributed by atoms with Gasteiger partial charge in [-0.3, -0.25) is 4.79 Å². The molecule has 3 N–H and O–H groups in total. The Hall–Kier alpha value is -0.770. The monoisotopic (exact) mass is 304 g/mol. The Kier molecular flexibility index (Phi) is 8.07. The minimum absolute atomic E-state index is 0. The fourth-order valence-corrected chi connectivity index (χ4v) is 2.28. The summed E-state index contributed by atoms with van der Waals surface area (Å²) in [6, 6.07) is 7.84. The first kappa shape index (κ1) is 18.2. The van der Waals surface area contributed by atoms with E-state index in [0.29, 0.717) is 6.54 Å². The van der Waals surface area contributed by atoms with E-state index in [2.05, 4.69) is 19.2 Å². The van der Waals surface area contributed by atoms with Crippen LogP contribution in [0.2, 0.25) is 5.02 Å². The molecule has 0 radical (unpaired) electrons. The van der Waals surface area contributed by atoms with Gasteiger partial charge >= 0.3 is 0 Å². The quantitative estimate of drug-likeness (QED) is 0.849. The first-order chi connectivity index (χ1) is 8.57. The fraction of sp³-hybridized carbons (Fsp3) is 0.500. The van der Waals surface area contributed by atoms with E-state index in [1.165, 1.54) is 5.56 Å². The van der Waals surface area contributed by atoms with E-state index >= 15 is 0 Å². The number of nitrogens with one attached hydrogen (secondary N) is 1. The largest absolute Gasteiger partial charge is 0.354 e. The molecule has 0 bridgehead atoms. The molecule has 3 nitrogen and oxygen atoms in total. The van der Waals surface area contributed by atoms with E-state index < -0.39 is 0 Å². The molecule has 0 saturated carbocycles. The molecule has 0 heterocycles. The standard InChI is InChI=1S/C14H21ClN2O.ClH/c1-3-14(4-2,10-17-13(18)9-16)11-5-7-12(15)8-6-11;/h5-8H,3-4,9-10,16H2,1-2H3,(H,17,18);1H. The van der Waals surface area contributed by atoms with E-state index in [1.807, 2.05) is 24.3 Å². The van der Waals surface area contributed by atoms with Crippen LogP contribution in [0.15, 0.2) is 24.3 Å². The highest BCUT2D eigenvalue weighted by molar-refractivity contribution is 6.30. The molecular weight excluding hydrogens is 283 g/mol. The molecule has 0 fully saturated rings. The van der Waals surface area contributed by atoms with Crippen molar-refractivity contribution in [1.82, 2.24) is 5.32 Å². The lowest BCUT2D eigenvalue weighted by molar-refractivity contribution is -0.120. The Morgan fingerprint density at radius 2 is 1.79 bits per heavy atom. The van der Waals surface area contributed by atoms with Gasteiger partial charge in [0.2, 0.25) is 5.91 Å². The summed E-state index contributed by atoms with van der Waals surface area (Å²) in [5.74, 6) is -0.116. The summed E-state index contributed by atoms with van der Waals surface area (Å²) in [6.07, 6.45) is 1.91. The Morgan fingerprint density at radius 3 is 2.21 bits per heavy atom. The molecule has 108 valence electrons. The van der Waals surface area contributed by atoms with E-state index in [1.54, 1.807) is 0 Å². The van der Waals surface area contributed by atoms with Crippen molar-refractivity contribution in [2.45, 2.75) is 32.1 Å². The van der Waals surface area contributed by atoms with Crippen LogP contribution < -0.4 is 11.1 Å². The highest BCUT2D eigenvalue weighted by Crippen LogP contribution is 2.31. The molecule has 1 amide bonds. The van der Waals surface area contributed by atoms with Crippen molar-refractivity contribution in [3.05, 3.63) is 34.9 Å². The number of halogens is 2. The Morgan fingerprint density at radius 1 is 1.26 bits per heavy atom. The minimum atomic E-state index is -0.116. The van der Waals surface area contributed by atoms with Gasteiger partial charge < -0.3 is 11.1 Å². The molecule has 0 saturated heterocycles. The van der Waals surface area contributed by atoms with E-state index in [4.69, 9.17) is 17.3 Å². The van der Waals surface area contributed by atoms with Crippen molar-refractivity contribution in [3.8, 4) is 0 Å². The normalized spacial score (nSPS) is 10.7. The van der Waals surface area contributed by atoms with Gasteiger partial charge in [0.15, 0.2) is 0 Å². The summed E-state index contributed by atoms with van der Waals surface area (Å²) in [5.41, 5.74) is 6.47. The topological polar surface area (TPSA) is 55.1 Å². The van der Waals surface area contributed by atoms with Gasteiger partial charge in [-0.15, -0.1) is 12.4 Å². The zero-order chi connectivity index (χ0) is 13.6. The molecule has 0 aliphatic rings. The zero-order valence-corrected chi connectivity index (χ0v) is 13.0. The van der Waals surface area contributed by atoms with Crippen molar-refractivity contribution in [2.75, 3.05) is 13.1 Å². The Labute approximate surface area is 126 Å². The summed E-state index contributed by atoms with van der Waals surface area (Å²) >= 11 is 5.91. The first-order valence-electron chi connectivity index (χ1n) is 6.30. The molecular formula is C14H22Cl2N2O. The zero-order valence-electron chi connectivity index (χ0n) is 11.4. The maximum Gasteiger partial charge on any atom is 0.233 e. The molecule has 1 rings (SSSR count). The van der Waals surface area contributed by atoms with Gasteiger partial charge in [-0.1, -0.05) is 37.6 Å². The molecule has 19 heavy (non-hydrogen) atoms. The third-order valence-electron chi connectivity index (χ3n) is 3.62. The van der Waals surface area contributed by atoms with Gasteiger partial charge in [0.25, 0.3) is 0 Å². The van der Waals surface area contributed by atoms with Crippen molar-refractivity contribution < 1.29 is 4.79 Å². The lowest BCUT2D eigenvalue weighted by Crippen LogP contribution is -2.42. The highest BCUT2D eigenvalue weighted by Gasteiger charge is 2.28. The molecule has 1 aromatic rings. The molecule has 0 spiro atoms. The number of amides is 1. The first-order valence-corrected chi connectivity index (χ1v) is 6.68. The van der Waals surface area contributed by atoms with E-state index in [-0.39, 0.29) is 30.3 Å². The number of hydrogen-bond acceptors (Lipinski definition) is 2. The van der Waals surface area contributed by atoms with Gasteiger partial charge in [-0.2, -0.15) is 0 Å². The Bertz CT molecular complexity index is 389. The maximum atomic E-state index is 11.3. The van der Waals surface area contributed by atoms with Crippen LogP contribution in [0.5, 0.6) is 0 Å². The van der Waals surface area contributed by atoms with Gasteiger partial charge in [-0.25, -0.2) is 0 Å². The van der Waals surface area contributed by atoms with Gasteiger partial charge in [-0.05, 0) is 30.5 Å². The summed E-state index contributed by atoms with van der Waals surface area (Å²) in [7, 11) is 0. The summed E-state index contributed by atoms with van der Waals surface area (Å²) in [6.45, 7) is 4.90. The minimum Gasteiger partial charge on any atom is -0.354 e. The number of carbonyl (C=O) groups excluding carboxylic acids is 1.